The van der Waals surface area contributed by atoms with Gasteiger partial charge in [-0.1, -0.05) is 0 Å². The van der Waals surface area contributed by atoms with E-state index in [2.05, 4.69) is 21.7 Å². The summed E-state index contributed by atoms with van der Waals surface area (Å²) in [5.41, 5.74) is 0. The second-order valence-corrected chi connectivity index (χ2v) is 1.39. The molecular formula is C3H4O2S. The van der Waals surface area contributed by atoms with Gasteiger partial charge in [-0.05, 0) is 0 Å². The van der Waals surface area contributed by atoms with Gasteiger partial charge in [0, 0.05) is 19.1 Å². The summed E-state index contributed by atoms with van der Waals surface area (Å²) in [6.07, 6.45) is -0.0995. The van der Waals surface area contributed by atoms with Crippen LogP contribution < -0.4 is 0 Å². The van der Waals surface area contributed by atoms with E-state index in [9.17, 15) is 0 Å². The molecule has 0 unspecified atom stereocenters. The predicted molar refractivity (Wildman–Crippen MR) is 24.2 cm³/mol. The first kappa shape index (κ1) is 3.87. The van der Waals surface area contributed by atoms with Crippen LogP contribution in [0.5, 0.6) is 0 Å². The molecule has 1 aliphatic heterocycles. The Kier molecular flexibility index (Phi) is 0.696. The molecule has 34 valence electrons. The average molecular weight is 104 g/mol. The molecule has 0 aromatic rings. The van der Waals surface area contributed by atoms with Crippen LogP contribution in [0.3, 0.4) is 0 Å². The van der Waals surface area contributed by atoms with Gasteiger partial charge in [-0.15, -0.1) is 0 Å². The van der Waals surface area contributed by atoms with Gasteiger partial charge in [-0.25, -0.2) is 0 Å². The number of hydrogen-bond donors (Lipinski definition) is 0. The quantitative estimate of drug-likeness (QED) is 0.421. The van der Waals surface area contributed by atoms with Crippen LogP contribution in [0.25, 0.3) is 0 Å². The molecule has 0 saturated carbocycles. The molecule has 0 aromatic carbocycles. The van der Waals surface area contributed by atoms with E-state index in [1.807, 2.05) is 0 Å². The van der Waals surface area contributed by atoms with Crippen molar-refractivity contribution in [2.24, 2.45) is 0 Å². The fourth-order valence-electron chi connectivity index (χ4n) is 0.280. The largest absolute Gasteiger partial charge is 0.417 e. The van der Waals surface area contributed by atoms with Crippen molar-refractivity contribution in [3.05, 3.63) is 0 Å². The maximum atomic E-state index is 4.65. The standard InChI is InChI=1S/C3H4O2S/c1-2-4-3(6)5-2/h2H,1H3. The van der Waals surface area contributed by atoms with Crippen molar-refractivity contribution in [1.29, 1.82) is 0 Å². The topological polar surface area (TPSA) is 18.5 Å². The zero-order valence-corrected chi connectivity index (χ0v) is 4.12. The van der Waals surface area contributed by atoms with Gasteiger partial charge in [0.2, 0.25) is 6.29 Å². The zero-order valence-electron chi connectivity index (χ0n) is 3.30. The van der Waals surface area contributed by atoms with E-state index in [4.69, 9.17) is 0 Å². The molecule has 3 heteroatoms. The summed E-state index contributed by atoms with van der Waals surface area (Å²) < 4.78 is 9.30. The maximum Gasteiger partial charge on any atom is 0.358 e. The minimum absolute atomic E-state index is 0.0995. The zero-order chi connectivity index (χ0) is 4.57. The highest BCUT2D eigenvalue weighted by Crippen LogP contribution is 2.07. The molecule has 0 radical (unpaired) electrons. The second-order valence-electron chi connectivity index (χ2n) is 1.05. The lowest BCUT2D eigenvalue weighted by molar-refractivity contribution is -0.119. The molecule has 1 aliphatic rings. The van der Waals surface area contributed by atoms with Crippen LogP contribution >= 0.6 is 12.2 Å². The van der Waals surface area contributed by atoms with Gasteiger partial charge in [0.05, 0.1) is 0 Å². The van der Waals surface area contributed by atoms with Gasteiger partial charge in [0.1, 0.15) is 0 Å². The Bertz CT molecular complexity index is 72.9. The number of thiocarbonyl (C=S) groups is 1. The number of hydrogen-bond acceptors (Lipinski definition) is 3. The molecule has 2 nitrogen and oxygen atoms in total. The molecule has 6 heavy (non-hydrogen) atoms. The lowest BCUT2D eigenvalue weighted by atomic mass is 10.7. The number of rotatable bonds is 0. The Morgan fingerprint density at radius 1 is 1.67 bits per heavy atom. The first-order valence-corrected chi connectivity index (χ1v) is 2.07. The Hall–Kier alpha value is -0.310. The Morgan fingerprint density at radius 2 is 2.17 bits per heavy atom. The van der Waals surface area contributed by atoms with Crippen molar-refractivity contribution in [2.75, 3.05) is 0 Å². The molecule has 1 saturated heterocycles. The lowest BCUT2D eigenvalue weighted by Crippen LogP contribution is -2.31. The van der Waals surface area contributed by atoms with Crippen molar-refractivity contribution in [3.63, 3.8) is 0 Å². The summed E-state index contributed by atoms with van der Waals surface area (Å²) in [5, 5.41) is 0.266. The van der Waals surface area contributed by atoms with E-state index in [1.54, 1.807) is 6.92 Å². The van der Waals surface area contributed by atoms with Gasteiger partial charge in [0.15, 0.2) is 0 Å². The van der Waals surface area contributed by atoms with Crippen molar-refractivity contribution in [2.45, 2.75) is 13.2 Å². The fourth-order valence-corrected chi connectivity index (χ4v) is 0.551. The SMILES string of the molecule is CC1OC(=S)O1. The van der Waals surface area contributed by atoms with Gasteiger partial charge >= 0.3 is 5.24 Å². The van der Waals surface area contributed by atoms with E-state index in [0.717, 1.165) is 0 Å². The summed E-state index contributed by atoms with van der Waals surface area (Å²) in [7, 11) is 0. The van der Waals surface area contributed by atoms with E-state index in [1.165, 1.54) is 0 Å². The Balaban J connectivity index is 2.28. The predicted octanol–water partition coefficient (Wildman–Crippen LogP) is 0.664. The first-order valence-electron chi connectivity index (χ1n) is 1.66. The first-order chi connectivity index (χ1) is 2.79. The van der Waals surface area contributed by atoms with E-state index in [0.29, 0.717) is 0 Å². The fraction of sp³-hybridized carbons (Fsp3) is 0.667. The molecule has 0 bridgehead atoms. The highest BCUT2D eigenvalue weighted by molar-refractivity contribution is 7.79. The van der Waals surface area contributed by atoms with Crippen LogP contribution in [0.1, 0.15) is 6.92 Å². The van der Waals surface area contributed by atoms with E-state index >= 15 is 0 Å². The van der Waals surface area contributed by atoms with Crippen LogP contribution in [0.4, 0.5) is 0 Å². The van der Waals surface area contributed by atoms with Crippen molar-refractivity contribution in [1.82, 2.24) is 0 Å². The van der Waals surface area contributed by atoms with Gasteiger partial charge in [0.25, 0.3) is 0 Å². The molecule has 0 aromatic heterocycles. The molecular weight excluding hydrogens is 100 g/mol. The highest BCUT2D eigenvalue weighted by Gasteiger charge is 2.19. The Morgan fingerprint density at radius 3 is 2.17 bits per heavy atom. The summed E-state index contributed by atoms with van der Waals surface area (Å²) in [6, 6.07) is 0. The monoisotopic (exact) mass is 104 g/mol. The molecule has 0 aliphatic carbocycles. The smallest absolute Gasteiger partial charge is 0.358 e. The van der Waals surface area contributed by atoms with Crippen molar-refractivity contribution in [3.8, 4) is 0 Å². The summed E-state index contributed by atoms with van der Waals surface area (Å²) in [6.45, 7) is 1.79. The lowest BCUT2D eigenvalue weighted by Gasteiger charge is -2.24. The van der Waals surface area contributed by atoms with Gasteiger partial charge in [-0.3, -0.25) is 0 Å². The van der Waals surface area contributed by atoms with Crippen molar-refractivity contribution < 1.29 is 9.47 Å². The van der Waals surface area contributed by atoms with E-state index < -0.39 is 0 Å². The minimum atomic E-state index is -0.0995. The Labute approximate surface area is 41.0 Å². The average Bonchev–Trinajstić information content (AvgIpc) is 1.33. The molecule has 1 heterocycles. The summed E-state index contributed by atoms with van der Waals surface area (Å²) in [4.78, 5) is 0. The number of ether oxygens (including phenoxy) is 2. The van der Waals surface area contributed by atoms with Crippen LogP contribution in [0.15, 0.2) is 0 Å². The minimum Gasteiger partial charge on any atom is -0.417 e. The van der Waals surface area contributed by atoms with Crippen molar-refractivity contribution >= 4 is 17.5 Å². The molecule has 1 fully saturated rings. The highest BCUT2D eigenvalue weighted by atomic mass is 32.1. The normalized spacial score (nSPS) is 21.2. The van der Waals surface area contributed by atoms with Gasteiger partial charge < -0.3 is 9.47 Å². The van der Waals surface area contributed by atoms with Crippen LogP contribution in [-0.2, 0) is 9.47 Å². The maximum absolute atomic E-state index is 4.65. The summed E-state index contributed by atoms with van der Waals surface area (Å²) in [5.74, 6) is 0. The van der Waals surface area contributed by atoms with Crippen LogP contribution in [0.2, 0.25) is 0 Å². The van der Waals surface area contributed by atoms with Crippen LogP contribution in [0, 0.1) is 0 Å². The third-order valence-corrected chi connectivity index (χ3v) is 0.717. The second kappa shape index (κ2) is 1.08. The molecule has 0 atom stereocenters. The van der Waals surface area contributed by atoms with Gasteiger partial charge in [-0.2, -0.15) is 0 Å². The third-order valence-electron chi connectivity index (χ3n) is 0.524. The third kappa shape index (κ3) is 0.452. The van der Waals surface area contributed by atoms with E-state index in [-0.39, 0.29) is 11.5 Å². The molecule has 0 N–H and O–H groups in total. The molecule has 0 spiro atoms. The van der Waals surface area contributed by atoms with Crippen LogP contribution in [-0.4, -0.2) is 11.5 Å². The molecule has 1 rings (SSSR count). The summed E-state index contributed by atoms with van der Waals surface area (Å²) >= 11 is 4.42. The molecule has 0 amide bonds.